The molecule has 0 spiro atoms. The number of ketones is 1. The van der Waals surface area contributed by atoms with E-state index in [9.17, 15) is 14.4 Å². The van der Waals surface area contributed by atoms with Gasteiger partial charge in [-0.2, -0.15) is 0 Å². The summed E-state index contributed by atoms with van der Waals surface area (Å²) in [5, 5.41) is 2.73. The number of H-pyrrole nitrogens is 1. The average molecular weight is 313 g/mol. The Balaban J connectivity index is 2.02. The van der Waals surface area contributed by atoms with Crippen LogP contribution < -0.4 is 10.9 Å². The molecule has 6 nitrogen and oxygen atoms in total. The number of nitrogens with one attached hydrogen (secondary N) is 2. The summed E-state index contributed by atoms with van der Waals surface area (Å²) < 4.78 is 0. The van der Waals surface area contributed by atoms with E-state index in [2.05, 4.69) is 15.3 Å². The summed E-state index contributed by atoms with van der Waals surface area (Å²) in [6, 6.07) is 6.76. The highest BCUT2D eigenvalue weighted by atomic mass is 16.1. The molecule has 0 radical (unpaired) electrons. The second-order valence-electron chi connectivity index (χ2n) is 5.40. The van der Waals surface area contributed by atoms with Gasteiger partial charge in [0, 0.05) is 28.9 Å². The van der Waals surface area contributed by atoms with Gasteiger partial charge in [-0.25, -0.2) is 4.98 Å². The lowest BCUT2D eigenvalue weighted by atomic mass is 10.1. The molecule has 2 rings (SSSR count). The fourth-order valence-corrected chi connectivity index (χ4v) is 2.32. The van der Waals surface area contributed by atoms with Crippen LogP contribution in [0.4, 0.5) is 5.69 Å². The molecule has 0 aliphatic heterocycles. The molecule has 120 valence electrons. The van der Waals surface area contributed by atoms with Crippen molar-refractivity contribution in [1.82, 2.24) is 9.97 Å². The Morgan fingerprint density at radius 3 is 2.65 bits per heavy atom. The summed E-state index contributed by atoms with van der Waals surface area (Å²) in [5.41, 5.74) is 2.05. The van der Waals surface area contributed by atoms with Crippen LogP contribution in [0.3, 0.4) is 0 Å². The maximum atomic E-state index is 12.0. The van der Waals surface area contributed by atoms with E-state index in [0.29, 0.717) is 34.8 Å². The van der Waals surface area contributed by atoms with Crippen LogP contribution >= 0.6 is 0 Å². The standard InChI is InChI=1S/C17H19N3O3/c1-10-15(17(23)19-12(3)18-10)7-8-16(22)20-14-6-4-5-13(9-14)11(2)21/h4-6,9H,7-8H2,1-3H3,(H,20,22)(H,18,19,23). The number of aryl methyl sites for hydroxylation is 2. The van der Waals surface area contributed by atoms with E-state index in [-0.39, 0.29) is 23.7 Å². The molecule has 2 aromatic rings. The first kappa shape index (κ1) is 16.6. The minimum atomic E-state index is -0.218. The maximum absolute atomic E-state index is 12.0. The zero-order valence-electron chi connectivity index (χ0n) is 13.4. The van der Waals surface area contributed by atoms with Crippen molar-refractivity contribution >= 4 is 17.4 Å². The molecule has 0 unspecified atom stereocenters. The predicted octanol–water partition coefficient (Wildman–Crippen LogP) is 2.16. The fourth-order valence-electron chi connectivity index (χ4n) is 2.32. The third kappa shape index (κ3) is 4.35. The third-order valence-electron chi connectivity index (χ3n) is 3.50. The second kappa shape index (κ2) is 7.00. The van der Waals surface area contributed by atoms with Gasteiger partial charge in [-0.3, -0.25) is 14.4 Å². The van der Waals surface area contributed by atoms with Crippen LogP contribution in [-0.2, 0) is 11.2 Å². The van der Waals surface area contributed by atoms with E-state index in [1.807, 2.05) is 0 Å². The van der Waals surface area contributed by atoms with Crippen molar-refractivity contribution in [3.63, 3.8) is 0 Å². The number of hydrogen-bond donors (Lipinski definition) is 2. The molecule has 6 heteroatoms. The molecule has 2 N–H and O–H groups in total. The minimum absolute atomic E-state index is 0.0611. The number of amides is 1. The molecule has 0 aliphatic carbocycles. The highest BCUT2D eigenvalue weighted by Gasteiger charge is 2.10. The molecule has 0 saturated heterocycles. The van der Waals surface area contributed by atoms with Crippen LogP contribution in [0.25, 0.3) is 0 Å². The number of Topliss-reactive ketones (excluding diaryl/α,β-unsaturated/α-hetero) is 1. The van der Waals surface area contributed by atoms with Gasteiger partial charge in [-0.1, -0.05) is 12.1 Å². The van der Waals surface area contributed by atoms with E-state index in [1.54, 1.807) is 38.1 Å². The van der Waals surface area contributed by atoms with Crippen LogP contribution in [0, 0.1) is 13.8 Å². The maximum Gasteiger partial charge on any atom is 0.254 e. The Kier molecular flexibility index (Phi) is 5.05. The van der Waals surface area contributed by atoms with E-state index in [4.69, 9.17) is 0 Å². The number of rotatable bonds is 5. The van der Waals surface area contributed by atoms with Crippen LogP contribution in [0.5, 0.6) is 0 Å². The molecule has 1 amide bonds. The van der Waals surface area contributed by atoms with Crippen LogP contribution in [0.2, 0.25) is 0 Å². The Bertz CT molecular complexity index is 809. The first-order valence-electron chi connectivity index (χ1n) is 7.34. The number of carbonyl (C=O) groups excluding carboxylic acids is 2. The number of hydrogen-bond acceptors (Lipinski definition) is 4. The van der Waals surface area contributed by atoms with E-state index >= 15 is 0 Å². The Morgan fingerprint density at radius 2 is 2.00 bits per heavy atom. The SMILES string of the molecule is CC(=O)c1cccc(NC(=O)CCc2c(C)nc(C)[nH]c2=O)c1. The van der Waals surface area contributed by atoms with Crippen molar-refractivity contribution in [1.29, 1.82) is 0 Å². The minimum Gasteiger partial charge on any atom is -0.326 e. The van der Waals surface area contributed by atoms with Gasteiger partial charge in [0.2, 0.25) is 5.91 Å². The van der Waals surface area contributed by atoms with Crippen molar-refractivity contribution in [2.75, 3.05) is 5.32 Å². The molecule has 23 heavy (non-hydrogen) atoms. The van der Waals surface area contributed by atoms with Crippen molar-refractivity contribution in [2.24, 2.45) is 0 Å². The summed E-state index contributed by atoms with van der Waals surface area (Å²) in [5.74, 6) is 0.279. The van der Waals surface area contributed by atoms with E-state index < -0.39 is 0 Å². The summed E-state index contributed by atoms with van der Waals surface area (Å²) >= 11 is 0. The van der Waals surface area contributed by atoms with Gasteiger partial charge in [0.15, 0.2) is 5.78 Å². The number of nitrogens with zero attached hydrogens (tertiary/aromatic N) is 1. The topological polar surface area (TPSA) is 91.9 Å². The van der Waals surface area contributed by atoms with Gasteiger partial charge in [0.05, 0.1) is 0 Å². The molecule has 0 bridgehead atoms. The second-order valence-corrected chi connectivity index (χ2v) is 5.40. The zero-order valence-corrected chi connectivity index (χ0v) is 13.4. The summed E-state index contributed by atoms with van der Waals surface area (Å²) in [7, 11) is 0. The smallest absolute Gasteiger partial charge is 0.254 e. The highest BCUT2D eigenvalue weighted by molar-refractivity contribution is 5.97. The van der Waals surface area contributed by atoms with Crippen molar-refractivity contribution in [3.8, 4) is 0 Å². The number of benzene rings is 1. The van der Waals surface area contributed by atoms with Gasteiger partial charge in [0.1, 0.15) is 5.82 Å². The molecular formula is C17H19N3O3. The Morgan fingerprint density at radius 1 is 1.26 bits per heavy atom. The molecule has 0 aliphatic rings. The normalized spacial score (nSPS) is 10.4. The summed E-state index contributed by atoms with van der Waals surface area (Å²) in [6.07, 6.45) is 0.478. The van der Waals surface area contributed by atoms with Crippen LogP contribution in [-0.4, -0.2) is 21.7 Å². The molecular weight excluding hydrogens is 294 g/mol. The van der Waals surface area contributed by atoms with Crippen molar-refractivity contribution in [2.45, 2.75) is 33.6 Å². The quantitative estimate of drug-likeness (QED) is 0.827. The van der Waals surface area contributed by atoms with Crippen LogP contribution in [0.1, 0.15) is 40.8 Å². The number of carbonyl (C=O) groups is 2. The van der Waals surface area contributed by atoms with Gasteiger partial charge in [-0.15, -0.1) is 0 Å². The summed E-state index contributed by atoms with van der Waals surface area (Å²) in [6.45, 7) is 4.94. The van der Waals surface area contributed by atoms with Gasteiger partial charge in [0.25, 0.3) is 5.56 Å². The van der Waals surface area contributed by atoms with Gasteiger partial charge in [-0.05, 0) is 39.3 Å². The molecule has 1 aromatic carbocycles. The summed E-state index contributed by atoms with van der Waals surface area (Å²) in [4.78, 5) is 42.1. The molecule has 0 fully saturated rings. The van der Waals surface area contributed by atoms with Gasteiger partial charge >= 0.3 is 0 Å². The number of aromatic nitrogens is 2. The Hall–Kier alpha value is -2.76. The number of anilines is 1. The monoisotopic (exact) mass is 313 g/mol. The molecule has 1 heterocycles. The predicted molar refractivity (Wildman–Crippen MR) is 87.7 cm³/mol. The first-order chi connectivity index (χ1) is 10.9. The average Bonchev–Trinajstić information content (AvgIpc) is 2.46. The largest absolute Gasteiger partial charge is 0.326 e. The van der Waals surface area contributed by atoms with Crippen molar-refractivity contribution < 1.29 is 9.59 Å². The fraction of sp³-hybridized carbons (Fsp3) is 0.294. The van der Waals surface area contributed by atoms with Crippen LogP contribution in [0.15, 0.2) is 29.1 Å². The Labute approximate surface area is 134 Å². The first-order valence-corrected chi connectivity index (χ1v) is 7.34. The van der Waals surface area contributed by atoms with Crippen molar-refractivity contribution in [3.05, 3.63) is 57.3 Å². The lowest BCUT2D eigenvalue weighted by Gasteiger charge is -2.07. The van der Waals surface area contributed by atoms with E-state index in [0.717, 1.165) is 0 Å². The number of aromatic amines is 1. The molecule has 1 aromatic heterocycles. The zero-order chi connectivity index (χ0) is 17.0. The lowest BCUT2D eigenvalue weighted by molar-refractivity contribution is -0.116. The van der Waals surface area contributed by atoms with Gasteiger partial charge < -0.3 is 10.3 Å². The van der Waals surface area contributed by atoms with E-state index in [1.165, 1.54) is 6.92 Å². The molecule has 0 atom stereocenters. The lowest BCUT2D eigenvalue weighted by Crippen LogP contribution is -2.20. The third-order valence-corrected chi connectivity index (χ3v) is 3.50. The highest BCUT2D eigenvalue weighted by Crippen LogP contribution is 2.12. The molecule has 0 saturated carbocycles.